The van der Waals surface area contributed by atoms with Crippen molar-refractivity contribution in [2.45, 2.75) is 6.92 Å². The molecule has 0 saturated carbocycles. The zero-order valence-corrected chi connectivity index (χ0v) is 7.03. The van der Waals surface area contributed by atoms with Gasteiger partial charge in [0, 0.05) is 7.05 Å². The van der Waals surface area contributed by atoms with Crippen LogP contribution < -0.4 is 0 Å². The van der Waals surface area contributed by atoms with Crippen LogP contribution in [0.4, 0.5) is 0 Å². The molecule has 38 valence electrons. The lowest BCUT2D eigenvalue weighted by Gasteiger charge is -1.71. The van der Waals surface area contributed by atoms with Gasteiger partial charge in [-0.25, -0.2) is 0 Å². The van der Waals surface area contributed by atoms with Gasteiger partial charge in [0.15, 0.2) is 0 Å². The third-order valence-corrected chi connectivity index (χ3v) is 0.663. The molecule has 0 saturated heterocycles. The highest BCUT2D eigenvalue weighted by molar-refractivity contribution is 9.18. The maximum atomic E-state index is 3.72. The summed E-state index contributed by atoms with van der Waals surface area (Å²) in [6.45, 7) is 1.89. The molecule has 0 aliphatic heterocycles. The van der Waals surface area contributed by atoms with Crippen LogP contribution in [0.5, 0.6) is 0 Å². The van der Waals surface area contributed by atoms with Gasteiger partial charge in [-0.15, -0.1) is 17.0 Å². The molecule has 0 bridgehead atoms. The van der Waals surface area contributed by atoms with E-state index in [-0.39, 0.29) is 17.0 Å². The van der Waals surface area contributed by atoms with Crippen LogP contribution in [0.25, 0.3) is 0 Å². The van der Waals surface area contributed by atoms with Crippen LogP contribution in [0.1, 0.15) is 6.92 Å². The van der Waals surface area contributed by atoms with Crippen molar-refractivity contribution in [2.24, 2.45) is 4.99 Å². The second-order valence-electron chi connectivity index (χ2n) is 0.721. The van der Waals surface area contributed by atoms with Gasteiger partial charge in [-0.1, -0.05) is 0 Å². The summed E-state index contributed by atoms with van der Waals surface area (Å²) in [5.41, 5.74) is 0. The van der Waals surface area contributed by atoms with Gasteiger partial charge in [-0.2, -0.15) is 0 Å². The Hall–Kier alpha value is 0.630. The third kappa shape index (κ3) is 8.82. The topological polar surface area (TPSA) is 12.4 Å². The van der Waals surface area contributed by atoms with E-state index in [1.807, 2.05) is 6.92 Å². The first-order valence-electron chi connectivity index (χ1n) is 1.36. The van der Waals surface area contributed by atoms with E-state index in [2.05, 4.69) is 20.9 Å². The smallest absolute Gasteiger partial charge is 0.0739 e. The lowest BCUT2D eigenvalue weighted by Crippen LogP contribution is -1.66. The summed E-state index contributed by atoms with van der Waals surface area (Å²) in [5, 5.41) is 0. The summed E-state index contributed by atoms with van der Waals surface area (Å²) < 4.78 is 0.942. The molecular formula is C3H7Br2N. The molecule has 0 aromatic rings. The Bertz CT molecular complexity index is 46.8. The van der Waals surface area contributed by atoms with Crippen molar-refractivity contribution in [3.63, 3.8) is 0 Å². The Morgan fingerprint density at radius 3 is 1.83 bits per heavy atom. The van der Waals surface area contributed by atoms with E-state index in [1.54, 1.807) is 7.05 Å². The average Bonchev–Trinajstić information content (AvgIpc) is 1.38. The summed E-state index contributed by atoms with van der Waals surface area (Å²) in [5.74, 6) is 0. The molecule has 0 aromatic heterocycles. The van der Waals surface area contributed by atoms with Crippen LogP contribution in [0.2, 0.25) is 0 Å². The molecule has 0 amide bonds. The maximum Gasteiger partial charge on any atom is 0.0739 e. The minimum absolute atomic E-state index is 0. The van der Waals surface area contributed by atoms with Gasteiger partial charge in [0.2, 0.25) is 0 Å². The summed E-state index contributed by atoms with van der Waals surface area (Å²) in [7, 11) is 1.74. The van der Waals surface area contributed by atoms with Crippen LogP contribution in [0.15, 0.2) is 4.99 Å². The highest BCUT2D eigenvalue weighted by atomic mass is 79.9. The largest absolute Gasteiger partial charge is 0.286 e. The van der Waals surface area contributed by atoms with Crippen molar-refractivity contribution in [3.8, 4) is 0 Å². The molecule has 1 nitrogen and oxygen atoms in total. The Labute approximate surface area is 56.7 Å². The van der Waals surface area contributed by atoms with E-state index in [4.69, 9.17) is 0 Å². The summed E-state index contributed by atoms with van der Waals surface area (Å²) >= 11 is 3.12. The van der Waals surface area contributed by atoms with Gasteiger partial charge in [0.25, 0.3) is 0 Å². The first-order valence-corrected chi connectivity index (χ1v) is 2.15. The third-order valence-electron chi connectivity index (χ3n) is 0.308. The fourth-order valence-corrected chi connectivity index (χ4v) is 0. The van der Waals surface area contributed by atoms with Crippen LogP contribution in [0, 0.1) is 0 Å². The predicted molar refractivity (Wildman–Crippen MR) is 38.3 cm³/mol. The van der Waals surface area contributed by atoms with Crippen LogP contribution in [-0.4, -0.2) is 11.7 Å². The highest BCUT2D eigenvalue weighted by Gasteiger charge is 1.65. The Morgan fingerprint density at radius 1 is 1.67 bits per heavy atom. The molecule has 0 N–H and O–H groups in total. The quantitative estimate of drug-likeness (QED) is 0.550. The van der Waals surface area contributed by atoms with E-state index < -0.39 is 0 Å². The number of nitrogens with zero attached hydrogens (tertiary/aromatic N) is 1. The molecule has 0 spiro atoms. The van der Waals surface area contributed by atoms with Gasteiger partial charge in [0.1, 0.15) is 0 Å². The number of hydrogen-bond acceptors (Lipinski definition) is 1. The van der Waals surface area contributed by atoms with E-state index >= 15 is 0 Å². The van der Waals surface area contributed by atoms with Crippen LogP contribution in [-0.2, 0) is 0 Å². The summed E-state index contributed by atoms with van der Waals surface area (Å²) in [6.07, 6.45) is 0. The first kappa shape index (κ1) is 9.80. The van der Waals surface area contributed by atoms with Crippen molar-refractivity contribution >= 4 is 37.5 Å². The Balaban J connectivity index is 0. The second-order valence-corrected chi connectivity index (χ2v) is 1.87. The molecule has 0 aromatic carbocycles. The summed E-state index contributed by atoms with van der Waals surface area (Å²) in [4.78, 5) is 3.72. The normalized spacial score (nSPS) is 10.2. The molecule has 6 heavy (non-hydrogen) atoms. The molecule has 0 radical (unpaired) electrons. The fraction of sp³-hybridized carbons (Fsp3) is 0.667. The fourth-order valence-electron chi connectivity index (χ4n) is 0. The van der Waals surface area contributed by atoms with Gasteiger partial charge in [0.05, 0.1) is 4.62 Å². The number of hydrogen-bond donors (Lipinski definition) is 0. The molecule has 0 fully saturated rings. The minimum atomic E-state index is 0. The lowest BCUT2D eigenvalue weighted by atomic mass is 10.9. The molecular weight excluding hydrogens is 210 g/mol. The van der Waals surface area contributed by atoms with E-state index in [1.165, 1.54) is 0 Å². The number of halogens is 2. The Kier molecular flexibility index (Phi) is 9.20. The molecule has 3 heteroatoms. The molecule has 0 unspecified atom stereocenters. The van der Waals surface area contributed by atoms with Crippen LogP contribution in [0.3, 0.4) is 0 Å². The molecule has 0 rings (SSSR count). The standard InChI is InChI=1S/C3H6BrN.BrH/c1-3(4)5-2;/h1-2H3;1H. The van der Waals surface area contributed by atoms with E-state index in [0.717, 1.165) is 4.62 Å². The van der Waals surface area contributed by atoms with Crippen molar-refractivity contribution in [3.05, 3.63) is 0 Å². The molecule has 0 aliphatic rings. The SMILES string of the molecule is Br.CN=C(C)Br. The second kappa shape index (κ2) is 5.63. The van der Waals surface area contributed by atoms with Crippen molar-refractivity contribution in [1.29, 1.82) is 0 Å². The minimum Gasteiger partial charge on any atom is -0.286 e. The van der Waals surface area contributed by atoms with E-state index in [9.17, 15) is 0 Å². The average molecular weight is 217 g/mol. The maximum absolute atomic E-state index is 3.72. The van der Waals surface area contributed by atoms with Gasteiger partial charge in [-0.05, 0) is 22.9 Å². The molecule has 0 aliphatic carbocycles. The lowest BCUT2D eigenvalue weighted by molar-refractivity contribution is 1.46. The van der Waals surface area contributed by atoms with Gasteiger partial charge >= 0.3 is 0 Å². The monoisotopic (exact) mass is 215 g/mol. The van der Waals surface area contributed by atoms with Crippen molar-refractivity contribution in [1.82, 2.24) is 0 Å². The highest BCUT2D eigenvalue weighted by Crippen LogP contribution is 1.81. The molecule has 0 heterocycles. The van der Waals surface area contributed by atoms with Crippen LogP contribution >= 0.6 is 32.9 Å². The Morgan fingerprint density at radius 2 is 1.83 bits per heavy atom. The van der Waals surface area contributed by atoms with Crippen molar-refractivity contribution < 1.29 is 0 Å². The van der Waals surface area contributed by atoms with Crippen molar-refractivity contribution in [2.75, 3.05) is 7.05 Å². The predicted octanol–water partition coefficient (Wildman–Crippen LogP) is 2.01. The van der Waals surface area contributed by atoms with Gasteiger partial charge in [-0.3, -0.25) is 4.99 Å². The zero-order valence-electron chi connectivity index (χ0n) is 3.73. The zero-order chi connectivity index (χ0) is 4.28. The molecule has 0 atom stereocenters. The van der Waals surface area contributed by atoms with E-state index in [0.29, 0.717) is 0 Å². The van der Waals surface area contributed by atoms with Gasteiger partial charge < -0.3 is 0 Å². The first-order chi connectivity index (χ1) is 2.27. The number of aliphatic imine (C=N–C) groups is 1. The summed E-state index contributed by atoms with van der Waals surface area (Å²) in [6, 6.07) is 0. The number of rotatable bonds is 0.